The van der Waals surface area contributed by atoms with Gasteiger partial charge in [-0.1, -0.05) is 231 Å². The van der Waals surface area contributed by atoms with Crippen molar-refractivity contribution in [3.63, 3.8) is 0 Å². The first-order valence-electron chi connectivity index (χ1n) is 24.7. The highest BCUT2D eigenvalue weighted by atomic mass is 16.5. The third-order valence-corrected chi connectivity index (χ3v) is 11.3. The lowest BCUT2D eigenvalue weighted by molar-refractivity contribution is -0.151. The van der Waals surface area contributed by atoms with E-state index >= 15 is 0 Å². The van der Waals surface area contributed by atoms with Gasteiger partial charge in [0.2, 0.25) is 5.91 Å². The second kappa shape index (κ2) is 45.2. The second-order valence-corrected chi connectivity index (χ2v) is 16.9. The number of esters is 1. The highest BCUT2D eigenvalue weighted by molar-refractivity contribution is 5.77. The van der Waals surface area contributed by atoms with Crippen molar-refractivity contribution in [3.05, 3.63) is 36.5 Å². The summed E-state index contributed by atoms with van der Waals surface area (Å²) in [5, 5.41) is 23.7. The molecule has 0 radical (unpaired) electrons. The number of aliphatic hydroxyl groups is 2. The first-order chi connectivity index (χ1) is 28.0. The summed E-state index contributed by atoms with van der Waals surface area (Å²) >= 11 is 0. The zero-order valence-electron chi connectivity index (χ0n) is 38.0. The van der Waals surface area contributed by atoms with Crippen molar-refractivity contribution in [1.82, 2.24) is 5.32 Å². The minimum absolute atomic E-state index is 0.0762. The van der Waals surface area contributed by atoms with E-state index in [0.29, 0.717) is 19.3 Å². The van der Waals surface area contributed by atoms with E-state index in [-0.39, 0.29) is 24.9 Å². The van der Waals surface area contributed by atoms with Crippen molar-refractivity contribution in [3.8, 4) is 0 Å². The van der Waals surface area contributed by atoms with E-state index in [1.54, 1.807) is 0 Å². The predicted octanol–water partition coefficient (Wildman–Crippen LogP) is 14.5. The number of nitrogens with one attached hydrogen (secondary N) is 1. The van der Waals surface area contributed by atoms with E-state index in [2.05, 4.69) is 62.5 Å². The first kappa shape index (κ1) is 55.1. The molecule has 0 aromatic heterocycles. The average molecular weight is 802 g/mol. The lowest BCUT2D eigenvalue weighted by Crippen LogP contribution is -2.46. The highest BCUT2D eigenvalue weighted by Crippen LogP contribution is 2.18. The molecule has 0 bridgehead atoms. The molecule has 3 unspecified atom stereocenters. The Hall–Kier alpha value is -1.92. The summed E-state index contributed by atoms with van der Waals surface area (Å²) in [5.74, 6) is -0.479. The number of unbranched alkanes of at least 4 members (excludes halogenated alkanes) is 28. The summed E-state index contributed by atoms with van der Waals surface area (Å²) in [6, 6.07) is -0.699. The molecular formula is C51H95NO5. The Labute approximate surface area is 353 Å². The fourth-order valence-corrected chi connectivity index (χ4v) is 7.55. The maximum atomic E-state index is 13.2. The maximum Gasteiger partial charge on any atom is 0.306 e. The minimum atomic E-state index is -0.785. The molecule has 0 aromatic rings. The Bertz CT molecular complexity index is 946. The molecule has 0 aliphatic rings. The summed E-state index contributed by atoms with van der Waals surface area (Å²) < 4.78 is 5.92. The fraction of sp³-hybridized carbons (Fsp3) is 0.843. The minimum Gasteiger partial charge on any atom is -0.462 e. The van der Waals surface area contributed by atoms with Crippen LogP contribution in [0.3, 0.4) is 0 Å². The van der Waals surface area contributed by atoms with Crippen LogP contribution in [0.2, 0.25) is 0 Å². The van der Waals surface area contributed by atoms with E-state index in [1.165, 1.54) is 141 Å². The molecule has 0 aromatic carbocycles. The van der Waals surface area contributed by atoms with Gasteiger partial charge in [0.25, 0.3) is 0 Å². The number of carbonyl (C=O) groups excluding carboxylic acids is 2. The summed E-state index contributed by atoms with van der Waals surface area (Å²) in [4.78, 5) is 26.1. The van der Waals surface area contributed by atoms with Crippen molar-refractivity contribution in [2.45, 2.75) is 270 Å². The third-order valence-electron chi connectivity index (χ3n) is 11.3. The van der Waals surface area contributed by atoms with E-state index in [1.807, 2.05) is 0 Å². The van der Waals surface area contributed by atoms with Crippen LogP contribution in [0.1, 0.15) is 252 Å². The van der Waals surface area contributed by atoms with Gasteiger partial charge in [-0.3, -0.25) is 9.59 Å². The molecule has 0 spiro atoms. The van der Waals surface area contributed by atoms with Crippen molar-refractivity contribution in [2.24, 2.45) is 0 Å². The summed E-state index contributed by atoms with van der Waals surface area (Å²) in [7, 11) is 0. The van der Waals surface area contributed by atoms with Crippen LogP contribution in [0.5, 0.6) is 0 Å². The van der Waals surface area contributed by atoms with Gasteiger partial charge in [-0.05, 0) is 44.9 Å². The largest absolute Gasteiger partial charge is 0.462 e. The van der Waals surface area contributed by atoms with Crippen molar-refractivity contribution < 1.29 is 24.5 Å². The third kappa shape index (κ3) is 40.6. The molecule has 0 aliphatic carbocycles. The molecule has 3 atom stereocenters. The predicted molar refractivity (Wildman–Crippen MR) is 246 cm³/mol. The SMILES string of the molecule is CC/C=C/C=C/C=C/CCCCCCCCCC(=O)OC(CCCCCCCCCCCCCC)CC(=O)NC(CO)C(O)CCCCCCCCCCCCC. The number of ether oxygens (including phenoxy) is 1. The van der Waals surface area contributed by atoms with Crippen LogP contribution in [0.15, 0.2) is 36.5 Å². The van der Waals surface area contributed by atoms with Crippen molar-refractivity contribution in [2.75, 3.05) is 6.61 Å². The molecule has 0 rings (SSSR count). The zero-order chi connectivity index (χ0) is 41.7. The number of aliphatic hydroxyl groups excluding tert-OH is 2. The second-order valence-electron chi connectivity index (χ2n) is 16.9. The molecule has 0 fully saturated rings. The molecule has 334 valence electrons. The van der Waals surface area contributed by atoms with Gasteiger partial charge in [-0.15, -0.1) is 0 Å². The molecule has 0 heterocycles. The van der Waals surface area contributed by atoms with E-state index in [4.69, 9.17) is 4.74 Å². The van der Waals surface area contributed by atoms with Crippen molar-refractivity contribution >= 4 is 11.9 Å². The quantitative estimate of drug-likeness (QED) is 0.0324. The van der Waals surface area contributed by atoms with Crippen LogP contribution >= 0.6 is 0 Å². The smallest absolute Gasteiger partial charge is 0.306 e. The fourth-order valence-electron chi connectivity index (χ4n) is 7.55. The van der Waals surface area contributed by atoms with Crippen LogP contribution < -0.4 is 5.32 Å². The van der Waals surface area contributed by atoms with Crippen LogP contribution in [0.4, 0.5) is 0 Å². The van der Waals surface area contributed by atoms with Gasteiger partial charge in [0.1, 0.15) is 6.10 Å². The van der Waals surface area contributed by atoms with E-state index < -0.39 is 18.2 Å². The van der Waals surface area contributed by atoms with E-state index in [9.17, 15) is 19.8 Å². The number of amides is 1. The van der Waals surface area contributed by atoms with Crippen LogP contribution in [0, 0.1) is 0 Å². The van der Waals surface area contributed by atoms with Gasteiger partial charge in [-0.25, -0.2) is 0 Å². The number of allylic oxidation sites excluding steroid dienone is 6. The molecule has 0 saturated heterocycles. The Morgan fingerprint density at radius 3 is 1.42 bits per heavy atom. The lowest BCUT2D eigenvalue weighted by atomic mass is 10.0. The van der Waals surface area contributed by atoms with Gasteiger partial charge in [0.05, 0.1) is 25.2 Å². The Morgan fingerprint density at radius 1 is 0.526 bits per heavy atom. The van der Waals surface area contributed by atoms with Crippen molar-refractivity contribution in [1.29, 1.82) is 0 Å². The maximum absolute atomic E-state index is 13.2. The van der Waals surface area contributed by atoms with E-state index in [0.717, 1.165) is 64.2 Å². The number of carbonyl (C=O) groups is 2. The Balaban J connectivity index is 4.56. The first-order valence-corrected chi connectivity index (χ1v) is 24.7. The van der Waals surface area contributed by atoms with Gasteiger partial charge in [0.15, 0.2) is 0 Å². The molecule has 0 aliphatic heterocycles. The Kier molecular flexibility index (Phi) is 43.6. The monoisotopic (exact) mass is 802 g/mol. The van der Waals surface area contributed by atoms with Crippen LogP contribution in [-0.2, 0) is 14.3 Å². The summed E-state index contributed by atoms with van der Waals surface area (Å²) in [6.45, 7) is 6.35. The molecule has 0 saturated carbocycles. The van der Waals surface area contributed by atoms with Gasteiger partial charge < -0.3 is 20.3 Å². The molecule has 3 N–H and O–H groups in total. The number of rotatable bonds is 44. The van der Waals surface area contributed by atoms with Gasteiger partial charge >= 0.3 is 5.97 Å². The lowest BCUT2D eigenvalue weighted by Gasteiger charge is -2.24. The Morgan fingerprint density at radius 2 is 0.947 bits per heavy atom. The highest BCUT2D eigenvalue weighted by Gasteiger charge is 2.24. The number of hydrogen-bond acceptors (Lipinski definition) is 5. The molecule has 1 amide bonds. The molecule has 57 heavy (non-hydrogen) atoms. The average Bonchev–Trinajstić information content (AvgIpc) is 3.20. The zero-order valence-corrected chi connectivity index (χ0v) is 38.0. The normalized spacial score (nSPS) is 13.6. The van der Waals surface area contributed by atoms with Gasteiger partial charge in [-0.2, -0.15) is 0 Å². The van der Waals surface area contributed by atoms with Gasteiger partial charge in [0, 0.05) is 6.42 Å². The molecule has 6 nitrogen and oxygen atoms in total. The number of hydrogen-bond donors (Lipinski definition) is 3. The summed E-state index contributed by atoms with van der Waals surface area (Å²) in [6.07, 6.45) is 52.0. The topological polar surface area (TPSA) is 95.9 Å². The standard InChI is InChI=1S/C51H95NO5/c1-4-7-10-13-16-19-22-24-25-26-29-32-35-38-41-44-51(56)57-47(42-39-36-33-30-28-23-20-17-14-11-8-5-2)45-50(55)52-48(46-53)49(54)43-40-37-34-31-27-21-18-15-12-9-6-3/h7,10,13,16,19,22,47-49,53-54H,4-6,8-9,11-12,14-15,17-18,20-21,23-46H2,1-3H3,(H,52,55)/b10-7+,16-13+,22-19+. The molecule has 6 heteroatoms. The molecular weight excluding hydrogens is 707 g/mol. The van der Waals surface area contributed by atoms with Crippen LogP contribution in [-0.4, -0.2) is 46.9 Å². The van der Waals surface area contributed by atoms with Crippen LogP contribution in [0.25, 0.3) is 0 Å². The summed E-state index contributed by atoms with van der Waals surface area (Å²) in [5.41, 5.74) is 0.